The fourth-order valence-corrected chi connectivity index (χ4v) is 4.08. The van der Waals surface area contributed by atoms with Crippen molar-refractivity contribution in [3.63, 3.8) is 0 Å². The van der Waals surface area contributed by atoms with Gasteiger partial charge in [-0.25, -0.2) is 4.39 Å². The third kappa shape index (κ3) is 2.52. The predicted octanol–water partition coefficient (Wildman–Crippen LogP) is 4.18. The van der Waals surface area contributed by atoms with Gasteiger partial charge in [0.05, 0.1) is 6.04 Å². The van der Waals surface area contributed by atoms with Crippen molar-refractivity contribution in [1.29, 1.82) is 0 Å². The Balaban J connectivity index is 1.64. The summed E-state index contributed by atoms with van der Waals surface area (Å²) < 4.78 is 13.5. The van der Waals surface area contributed by atoms with Gasteiger partial charge in [0.2, 0.25) is 0 Å². The summed E-state index contributed by atoms with van der Waals surface area (Å²) >= 11 is 0. The first kappa shape index (κ1) is 15.3. The Hall–Kier alpha value is -2.92. The summed E-state index contributed by atoms with van der Waals surface area (Å²) in [5.41, 5.74) is 5.92. The number of aromatic nitrogens is 3. The van der Waals surface area contributed by atoms with E-state index in [4.69, 9.17) is 0 Å². The van der Waals surface area contributed by atoms with Crippen LogP contribution in [0.1, 0.15) is 28.6 Å². The SMILES string of the molecule is Fc1ccc(C2c3[nH]c4ccccc4c3CCN2Cc2ccn[nH]2)cc1. The lowest BCUT2D eigenvalue weighted by molar-refractivity contribution is 0.199. The number of H-pyrrole nitrogens is 2. The number of halogens is 1. The molecule has 0 amide bonds. The number of fused-ring (bicyclic) bond motifs is 3. The van der Waals surface area contributed by atoms with E-state index in [1.807, 2.05) is 18.2 Å². The highest BCUT2D eigenvalue weighted by molar-refractivity contribution is 5.85. The topological polar surface area (TPSA) is 47.7 Å². The fraction of sp³-hybridized carbons (Fsp3) is 0.190. The highest BCUT2D eigenvalue weighted by atomic mass is 19.1. The van der Waals surface area contributed by atoms with Gasteiger partial charge >= 0.3 is 0 Å². The standard InChI is InChI=1S/C21H19FN4/c22-15-7-5-14(6-8-15)21-20-18(17-3-1-2-4-19(17)24-20)10-12-26(21)13-16-9-11-23-25-16/h1-9,11,21,24H,10,12-13H2,(H,23,25). The van der Waals surface area contributed by atoms with Gasteiger partial charge in [-0.15, -0.1) is 0 Å². The minimum atomic E-state index is -0.207. The van der Waals surface area contributed by atoms with Crippen LogP contribution in [0.2, 0.25) is 0 Å². The second-order valence-electron chi connectivity index (χ2n) is 6.82. The van der Waals surface area contributed by atoms with E-state index in [0.29, 0.717) is 0 Å². The zero-order valence-electron chi connectivity index (χ0n) is 14.2. The summed E-state index contributed by atoms with van der Waals surface area (Å²) in [6, 6.07) is 17.4. The molecule has 26 heavy (non-hydrogen) atoms. The molecule has 0 fully saturated rings. The van der Waals surface area contributed by atoms with E-state index >= 15 is 0 Å². The van der Waals surface area contributed by atoms with Crippen LogP contribution in [0.5, 0.6) is 0 Å². The van der Waals surface area contributed by atoms with Crippen molar-refractivity contribution in [3.8, 4) is 0 Å². The zero-order valence-corrected chi connectivity index (χ0v) is 14.2. The largest absolute Gasteiger partial charge is 0.357 e. The summed E-state index contributed by atoms with van der Waals surface area (Å²) in [5.74, 6) is -0.207. The monoisotopic (exact) mass is 346 g/mol. The molecule has 0 bridgehead atoms. The first-order valence-electron chi connectivity index (χ1n) is 8.87. The van der Waals surface area contributed by atoms with Crippen LogP contribution in [0.4, 0.5) is 4.39 Å². The normalized spacial score (nSPS) is 17.5. The molecule has 3 heterocycles. The van der Waals surface area contributed by atoms with Crippen LogP contribution in [0.3, 0.4) is 0 Å². The van der Waals surface area contributed by atoms with E-state index in [2.05, 4.69) is 44.3 Å². The van der Waals surface area contributed by atoms with E-state index in [1.54, 1.807) is 18.3 Å². The van der Waals surface area contributed by atoms with Crippen molar-refractivity contribution in [2.75, 3.05) is 6.54 Å². The van der Waals surface area contributed by atoms with Crippen molar-refractivity contribution < 1.29 is 4.39 Å². The molecule has 0 saturated heterocycles. The summed E-state index contributed by atoms with van der Waals surface area (Å²) in [4.78, 5) is 6.04. The fourth-order valence-electron chi connectivity index (χ4n) is 4.08. The summed E-state index contributed by atoms with van der Waals surface area (Å²) in [5, 5.41) is 8.41. The van der Waals surface area contributed by atoms with E-state index in [9.17, 15) is 4.39 Å². The molecule has 1 unspecified atom stereocenters. The van der Waals surface area contributed by atoms with E-state index in [0.717, 1.165) is 36.3 Å². The third-order valence-electron chi connectivity index (χ3n) is 5.25. The van der Waals surface area contributed by atoms with Gasteiger partial charge in [-0.05, 0) is 41.8 Å². The quantitative estimate of drug-likeness (QED) is 0.585. The van der Waals surface area contributed by atoms with Gasteiger partial charge in [0.15, 0.2) is 0 Å². The third-order valence-corrected chi connectivity index (χ3v) is 5.25. The van der Waals surface area contributed by atoms with Crippen LogP contribution >= 0.6 is 0 Å². The van der Waals surface area contributed by atoms with Gasteiger partial charge in [-0.3, -0.25) is 10.00 Å². The second-order valence-corrected chi connectivity index (χ2v) is 6.82. The van der Waals surface area contributed by atoms with E-state index in [1.165, 1.54) is 16.6 Å². The van der Waals surface area contributed by atoms with Crippen LogP contribution in [0.15, 0.2) is 60.8 Å². The summed E-state index contributed by atoms with van der Waals surface area (Å²) in [7, 11) is 0. The maximum Gasteiger partial charge on any atom is 0.123 e. The van der Waals surface area contributed by atoms with Crippen molar-refractivity contribution in [1.82, 2.24) is 20.1 Å². The van der Waals surface area contributed by atoms with Gasteiger partial charge in [-0.2, -0.15) is 5.10 Å². The Morgan fingerprint density at radius 3 is 2.73 bits per heavy atom. The molecule has 2 aromatic heterocycles. The number of aromatic amines is 2. The molecule has 5 heteroatoms. The molecule has 2 aromatic carbocycles. The molecular weight excluding hydrogens is 327 g/mol. The number of nitrogens with one attached hydrogen (secondary N) is 2. The van der Waals surface area contributed by atoms with Gasteiger partial charge in [0.25, 0.3) is 0 Å². The van der Waals surface area contributed by atoms with Crippen LogP contribution < -0.4 is 0 Å². The molecule has 0 aliphatic carbocycles. The lowest BCUT2D eigenvalue weighted by atomic mass is 9.92. The molecule has 0 saturated carbocycles. The second kappa shape index (κ2) is 6.11. The number of benzene rings is 2. The van der Waals surface area contributed by atoms with E-state index < -0.39 is 0 Å². The molecule has 1 aliphatic rings. The first-order chi connectivity index (χ1) is 12.8. The minimum absolute atomic E-state index is 0.0649. The summed E-state index contributed by atoms with van der Waals surface area (Å²) in [6.45, 7) is 1.72. The maximum atomic E-state index is 13.5. The van der Waals surface area contributed by atoms with Crippen molar-refractivity contribution >= 4 is 10.9 Å². The van der Waals surface area contributed by atoms with Crippen molar-refractivity contribution in [2.24, 2.45) is 0 Å². The van der Waals surface area contributed by atoms with Crippen LogP contribution in [-0.2, 0) is 13.0 Å². The van der Waals surface area contributed by atoms with Crippen LogP contribution in [0, 0.1) is 5.82 Å². The van der Waals surface area contributed by atoms with E-state index in [-0.39, 0.29) is 11.9 Å². The molecule has 130 valence electrons. The van der Waals surface area contributed by atoms with Crippen LogP contribution in [-0.4, -0.2) is 26.6 Å². The number of hydrogen-bond donors (Lipinski definition) is 2. The highest BCUT2D eigenvalue weighted by Gasteiger charge is 2.31. The Labute approximate surface area is 150 Å². The molecule has 1 atom stereocenters. The molecular formula is C21H19FN4. The smallest absolute Gasteiger partial charge is 0.123 e. The lowest BCUT2D eigenvalue weighted by Crippen LogP contribution is -2.35. The Morgan fingerprint density at radius 1 is 1.08 bits per heavy atom. The molecule has 5 rings (SSSR count). The highest BCUT2D eigenvalue weighted by Crippen LogP contribution is 2.38. The number of hydrogen-bond acceptors (Lipinski definition) is 2. The average Bonchev–Trinajstić information content (AvgIpc) is 3.30. The van der Waals surface area contributed by atoms with Gasteiger partial charge in [0, 0.05) is 41.6 Å². The van der Waals surface area contributed by atoms with Crippen LogP contribution in [0.25, 0.3) is 10.9 Å². The first-order valence-corrected chi connectivity index (χ1v) is 8.87. The number of rotatable bonds is 3. The number of para-hydroxylation sites is 1. The Bertz CT molecular complexity index is 1030. The number of nitrogens with zero attached hydrogens (tertiary/aromatic N) is 2. The molecule has 4 aromatic rings. The van der Waals surface area contributed by atoms with Gasteiger partial charge < -0.3 is 4.98 Å². The maximum absolute atomic E-state index is 13.5. The zero-order chi connectivity index (χ0) is 17.5. The molecule has 0 spiro atoms. The molecule has 2 N–H and O–H groups in total. The minimum Gasteiger partial charge on any atom is -0.357 e. The van der Waals surface area contributed by atoms with Gasteiger partial charge in [0.1, 0.15) is 5.82 Å². The average molecular weight is 346 g/mol. The van der Waals surface area contributed by atoms with Crippen molar-refractivity contribution in [3.05, 3.63) is 89.1 Å². The molecule has 1 aliphatic heterocycles. The molecule has 4 nitrogen and oxygen atoms in total. The lowest BCUT2D eigenvalue weighted by Gasteiger charge is -2.36. The summed E-state index contributed by atoms with van der Waals surface area (Å²) in [6.07, 6.45) is 2.77. The van der Waals surface area contributed by atoms with Gasteiger partial charge in [-0.1, -0.05) is 30.3 Å². The van der Waals surface area contributed by atoms with Crippen molar-refractivity contribution in [2.45, 2.75) is 19.0 Å². The Morgan fingerprint density at radius 2 is 1.92 bits per heavy atom. The predicted molar refractivity (Wildman–Crippen MR) is 99.2 cm³/mol. The Kier molecular flexibility index (Phi) is 3.60. The molecule has 0 radical (unpaired) electrons.